The maximum atomic E-state index is 6.10. The van der Waals surface area contributed by atoms with Gasteiger partial charge < -0.3 is 10.3 Å². The summed E-state index contributed by atoms with van der Waals surface area (Å²) in [6.45, 7) is 4.23. The predicted molar refractivity (Wildman–Crippen MR) is 82.8 cm³/mol. The summed E-state index contributed by atoms with van der Waals surface area (Å²) >= 11 is 6.10. The quantitative estimate of drug-likeness (QED) is 0.777. The van der Waals surface area contributed by atoms with Gasteiger partial charge in [0.2, 0.25) is 0 Å². The molecule has 102 valence electrons. The summed E-state index contributed by atoms with van der Waals surface area (Å²) in [6, 6.07) is 9.69. The van der Waals surface area contributed by atoms with Crippen LogP contribution in [0.2, 0.25) is 5.02 Å². The molecule has 0 amide bonds. The second-order valence-corrected chi connectivity index (χ2v) is 5.45. The van der Waals surface area contributed by atoms with Crippen molar-refractivity contribution in [1.82, 2.24) is 14.5 Å². The van der Waals surface area contributed by atoms with Crippen molar-refractivity contribution in [3.8, 4) is 11.5 Å². The first-order chi connectivity index (χ1) is 9.56. The number of benzene rings is 1. The van der Waals surface area contributed by atoms with Crippen LogP contribution in [0.15, 0.2) is 36.5 Å². The number of nitrogen functional groups attached to an aromatic ring is 1. The Kier molecular flexibility index (Phi) is 3.10. The molecule has 0 fully saturated rings. The van der Waals surface area contributed by atoms with Crippen LogP contribution in [0.1, 0.15) is 19.9 Å². The molecule has 2 N–H and O–H groups in total. The minimum Gasteiger partial charge on any atom is -0.397 e. The fourth-order valence-corrected chi connectivity index (χ4v) is 2.47. The summed E-state index contributed by atoms with van der Waals surface area (Å²) < 4.78 is 2.14. The van der Waals surface area contributed by atoms with E-state index in [0.717, 1.165) is 22.6 Å². The Morgan fingerprint density at radius 1 is 1.20 bits per heavy atom. The Balaban J connectivity index is 2.29. The van der Waals surface area contributed by atoms with Crippen LogP contribution < -0.4 is 5.73 Å². The van der Waals surface area contributed by atoms with Gasteiger partial charge in [-0.1, -0.05) is 11.6 Å². The third-order valence-electron chi connectivity index (χ3n) is 3.18. The number of nitrogens with zero attached hydrogens (tertiary/aromatic N) is 3. The zero-order valence-electron chi connectivity index (χ0n) is 11.3. The van der Waals surface area contributed by atoms with E-state index in [9.17, 15) is 0 Å². The van der Waals surface area contributed by atoms with E-state index in [-0.39, 0.29) is 6.04 Å². The molecule has 0 saturated heterocycles. The second kappa shape index (κ2) is 4.80. The van der Waals surface area contributed by atoms with Crippen molar-refractivity contribution >= 4 is 28.3 Å². The lowest BCUT2D eigenvalue weighted by Crippen LogP contribution is -2.04. The predicted octanol–water partition coefficient (Wildman–Crippen LogP) is 3.91. The van der Waals surface area contributed by atoms with Gasteiger partial charge in [-0.05, 0) is 44.2 Å². The van der Waals surface area contributed by atoms with Crippen LogP contribution in [0.5, 0.6) is 0 Å². The Morgan fingerprint density at radius 2 is 2.00 bits per heavy atom. The van der Waals surface area contributed by atoms with Gasteiger partial charge in [0.25, 0.3) is 0 Å². The molecule has 0 radical (unpaired) electrons. The summed E-state index contributed by atoms with van der Waals surface area (Å²) in [7, 11) is 0. The van der Waals surface area contributed by atoms with Crippen LogP contribution in [-0.2, 0) is 0 Å². The molecule has 20 heavy (non-hydrogen) atoms. The first kappa shape index (κ1) is 12.9. The van der Waals surface area contributed by atoms with Crippen molar-refractivity contribution in [2.75, 3.05) is 5.73 Å². The second-order valence-electron chi connectivity index (χ2n) is 5.01. The molecule has 2 aromatic heterocycles. The highest BCUT2D eigenvalue weighted by atomic mass is 35.5. The van der Waals surface area contributed by atoms with Crippen LogP contribution in [0.3, 0.4) is 0 Å². The number of hydrogen-bond donors (Lipinski definition) is 1. The van der Waals surface area contributed by atoms with Crippen molar-refractivity contribution in [2.45, 2.75) is 19.9 Å². The van der Waals surface area contributed by atoms with Gasteiger partial charge in [0, 0.05) is 11.1 Å². The maximum absolute atomic E-state index is 6.10. The molecule has 0 bridgehead atoms. The molecule has 0 aliphatic carbocycles. The van der Waals surface area contributed by atoms with E-state index < -0.39 is 0 Å². The van der Waals surface area contributed by atoms with E-state index in [1.807, 2.05) is 30.3 Å². The number of hydrogen-bond acceptors (Lipinski definition) is 3. The summed E-state index contributed by atoms with van der Waals surface area (Å²) in [5.41, 5.74) is 9.07. The van der Waals surface area contributed by atoms with Gasteiger partial charge in [0.15, 0.2) is 5.82 Å². The Hall–Kier alpha value is -2.07. The zero-order valence-corrected chi connectivity index (χ0v) is 12.1. The third kappa shape index (κ3) is 2.12. The highest BCUT2D eigenvalue weighted by Crippen LogP contribution is 2.29. The van der Waals surface area contributed by atoms with Crippen molar-refractivity contribution in [2.24, 2.45) is 0 Å². The molecule has 0 aliphatic rings. The molecule has 0 unspecified atom stereocenters. The number of pyridine rings is 1. The smallest absolute Gasteiger partial charge is 0.160 e. The van der Waals surface area contributed by atoms with E-state index in [2.05, 4.69) is 28.4 Å². The van der Waals surface area contributed by atoms with Crippen molar-refractivity contribution in [3.63, 3.8) is 0 Å². The van der Waals surface area contributed by atoms with Crippen LogP contribution in [0.4, 0.5) is 5.69 Å². The van der Waals surface area contributed by atoms with Crippen LogP contribution in [0, 0.1) is 0 Å². The normalized spacial score (nSPS) is 11.4. The van der Waals surface area contributed by atoms with E-state index in [4.69, 9.17) is 17.3 Å². The van der Waals surface area contributed by atoms with E-state index in [1.54, 1.807) is 6.20 Å². The number of fused-ring (bicyclic) bond motifs is 1. The van der Waals surface area contributed by atoms with E-state index in [1.165, 1.54) is 0 Å². The number of imidazole rings is 1. The zero-order chi connectivity index (χ0) is 14.3. The van der Waals surface area contributed by atoms with Crippen LogP contribution in [-0.4, -0.2) is 14.5 Å². The van der Waals surface area contributed by atoms with E-state index >= 15 is 0 Å². The fourth-order valence-electron chi connectivity index (χ4n) is 2.31. The standard InChI is InChI=1S/C15H15ClN4/c1-9(2)20-14-7-10(16)3-5-12(14)19-15(20)13-6-4-11(17)8-18-13/h3-9H,17H2,1-2H3. The van der Waals surface area contributed by atoms with Crippen molar-refractivity contribution in [1.29, 1.82) is 0 Å². The topological polar surface area (TPSA) is 56.7 Å². The molecule has 3 aromatic rings. The third-order valence-corrected chi connectivity index (χ3v) is 3.42. The lowest BCUT2D eigenvalue weighted by molar-refractivity contribution is 0.623. The lowest BCUT2D eigenvalue weighted by atomic mass is 10.2. The van der Waals surface area contributed by atoms with Gasteiger partial charge in [-0.15, -0.1) is 0 Å². The minimum atomic E-state index is 0.257. The van der Waals surface area contributed by atoms with Gasteiger partial charge in [-0.2, -0.15) is 0 Å². The molecule has 1 aromatic carbocycles. The molecule has 4 nitrogen and oxygen atoms in total. The summed E-state index contributed by atoms with van der Waals surface area (Å²) in [4.78, 5) is 9.04. The summed E-state index contributed by atoms with van der Waals surface area (Å²) in [6.07, 6.45) is 1.65. The van der Waals surface area contributed by atoms with Crippen LogP contribution >= 0.6 is 11.6 Å². The lowest BCUT2D eigenvalue weighted by Gasteiger charge is -2.12. The van der Waals surface area contributed by atoms with Crippen molar-refractivity contribution < 1.29 is 0 Å². The Bertz CT molecular complexity index is 759. The minimum absolute atomic E-state index is 0.257. The SMILES string of the molecule is CC(C)n1c(-c2ccc(N)cn2)nc2ccc(Cl)cc21. The molecule has 0 spiro atoms. The van der Waals surface area contributed by atoms with Crippen LogP contribution in [0.25, 0.3) is 22.6 Å². The highest BCUT2D eigenvalue weighted by molar-refractivity contribution is 6.31. The molecule has 5 heteroatoms. The first-order valence-corrected chi connectivity index (χ1v) is 6.83. The van der Waals surface area contributed by atoms with Gasteiger partial charge in [0.1, 0.15) is 5.69 Å². The van der Waals surface area contributed by atoms with Gasteiger partial charge >= 0.3 is 0 Å². The first-order valence-electron chi connectivity index (χ1n) is 6.45. The number of aromatic nitrogens is 3. The molecule has 0 saturated carbocycles. The number of nitrogens with two attached hydrogens (primary N) is 1. The molecular formula is C15H15ClN4. The largest absolute Gasteiger partial charge is 0.397 e. The van der Waals surface area contributed by atoms with E-state index in [0.29, 0.717) is 10.7 Å². The van der Waals surface area contributed by atoms with Gasteiger partial charge in [-0.25, -0.2) is 4.98 Å². The highest BCUT2D eigenvalue weighted by Gasteiger charge is 2.16. The average Bonchev–Trinajstić information content (AvgIpc) is 2.78. The molecule has 2 heterocycles. The summed E-state index contributed by atoms with van der Waals surface area (Å²) in [5.74, 6) is 0.831. The van der Waals surface area contributed by atoms with Crippen molar-refractivity contribution in [3.05, 3.63) is 41.6 Å². The van der Waals surface area contributed by atoms with Gasteiger partial charge in [0.05, 0.1) is 22.9 Å². The number of rotatable bonds is 2. The maximum Gasteiger partial charge on any atom is 0.160 e. The molecule has 0 atom stereocenters. The summed E-state index contributed by atoms with van der Waals surface area (Å²) in [5, 5.41) is 0.705. The molecule has 3 rings (SSSR count). The monoisotopic (exact) mass is 286 g/mol. The molecule has 0 aliphatic heterocycles. The molecular weight excluding hydrogens is 272 g/mol. The Morgan fingerprint density at radius 3 is 2.65 bits per heavy atom. The van der Waals surface area contributed by atoms with Gasteiger partial charge in [-0.3, -0.25) is 4.98 Å². The average molecular weight is 287 g/mol. The fraction of sp³-hybridized carbons (Fsp3) is 0.200. The number of anilines is 1. The number of halogens is 1. The Labute approximate surface area is 122 Å².